The molecule has 1 aromatic rings. The fourth-order valence-corrected chi connectivity index (χ4v) is 1.67. The summed E-state index contributed by atoms with van der Waals surface area (Å²) in [5, 5.41) is 0. The maximum Gasteiger partial charge on any atom is 0.121 e. The van der Waals surface area contributed by atoms with Gasteiger partial charge in [0.2, 0.25) is 0 Å². The minimum Gasteiger partial charge on any atom is -0.386 e. The van der Waals surface area contributed by atoms with E-state index in [4.69, 9.17) is 10.5 Å². The molecule has 1 aliphatic heterocycles. The van der Waals surface area contributed by atoms with Crippen molar-refractivity contribution in [2.24, 2.45) is 10.7 Å². The van der Waals surface area contributed by atoms with E-state index in [1.807, 2.05) is 24.3 Å². The third-order valence-electron chi connectivity index (χ3n) is 2.10. The van der Waals surface area contributed by atoms with Crippen molar-refractivity contribution in [3.8, 4) is 0 Å². The zero-order valence-corrected chi connectivity index (χ0v) is 9.20. The zero-order chi connectivity index (χ0) is 9.97. The van der Waals surface area contributed by atoms with Gasteiger partial charge in [-0.25, -0.2) is 0 Å². The largest absolute Gasteiger partial charge is 0.386 e. The fraction of sp³-hybridized carbons (Fsp3) is 0.300. The lowest BCUT2D eigenvalue weighted by molar-refractivity contribution is 0.143. The average molecular weight is 255 g/mol. The molecule has 0 spiro atoms. The molecule has 0 radical (unpaired) electrons. The van der Waals surface area contributed by atoms with Gasteiger partial charge in [-0.3, -0.25) is 4.99 Å². The highest BCUT2D eigenvalue weighted by Gasteiger charge is 2.15. The first-order chi connectivity index (χ1) is 6.75. The topological polar surface area (TPSA) is 47.6 Å². The van der Waals surface area contributed by atoms with Crippen LogP contribution in [0.4, 0.5) is 0 Å². The van der Waals surface area contributed by atoms with Crippen LogP contribution in [0.25, 0.3) is 0 Å². The Morgan fingerprint density at radius 2 is 2.07 bits per heavy atom. The lowest BCUT2D eigenvalue weighted by Gasteiger charge is -2.19. The molecular weight excluding hydrogens is 244 g/mol. The fourth-order valence-electron chi connectivity index (χ4n) is 1.41. The summed E-state index contributed by atoms with van der Waals surface area (Å²) in [6.07, 6.45) is 0. The average Bonchev–Trinajstić information content (AvgIpc) is 2.19. The SMILES string of the molecule is NC1=N[C@H](c2ccc(Br)cc2)COC1. The first-order valence-electron chi connectivity index (χ1n) is 4.41. The van der Waals surface area contributed by atoms with Crippen LogP contribution in [0.15, 0.2) is 33.7 Å². The molecule has 2 N–H and O–H groups in total. The summed E-state index contributed by atoms with van der Waals surface area (Å²) in [7, 11) is 0. The van der Waals surface area contributed by atoms with Crippen LogP contribution >= 0.6 is 15.9 Å². The van der Waals surface area contributed by atoms with Gasteiger partial charge in [0.15, 0.2) is 0 Å². The highest BCUT2D eigenvalue weighted by molar-refractivity contribution is 9.10. The molecule has 0 aromatic heterocycles. The number of halogens is 1. The van der Waals surface area contributed by atoms with Gasteiger partial charge in [0.05, 0.1) is 6.61 Å². The molecule has 0 bridgehead atoms. The van der Waals surface area contributed by atoms with Crippen molar-refractivity contribution in [1.29, 1.82) is 0 Å². The summed E-state index contributed by atoms with van der Waals surface area (Å²) in [6, 6.07) is 8.10. The zero-order valence-electron chi connectivity index (χ0n) is 7.61. The number of aliphatic imine (C=N–C) groups is 1. The van der Waals surface area contributed by atoms with Crippen LogP contribution in [0.1, 0.15) is 11.6 Å². The van der Waals surface area contributed by atoms with Crippen LogP contribution in [0, 0.1) is 0 Å². The van der Waals surface area contributed by atoms with Crippen molar-refractivity contribution >= 4 is 21.8 Å². The van der Waals surface area contributed by atoms with Crippen molar-refractivity contribution in [3.05, 3.63) is 34.3 Å². The van der Waals surface area contributed by atoms with E-state index in [-0.39, 0.29) is 6.04 Å². The summed E-state index contributed by atoms with van der Waals surface area (Å²) < 4.78 is 6.38. The summed E-state index contributed by atoms with van der Waals surface area (Å²) >= 11 is 3.39. The van der Waals surface area contributed by atoms with E-state index in [9.17, 15) is 0 Å². The van der Waals surface area contributed by atoms with E-state index in [0.29, 0.717) is 19.0 Å². The van der Waals surface area contributed by atoms with E-state index >= 15 is 0 Å². The predicted molar refractivity (Wildman–Crippen MR) is 59.3 cm³/mol. The van der Waals surface area contributed by atoms with Crippen molar-refractivity contribution < 1.29 is 4.74 Å². The number of amidine groups is 1. The van der Waals surface area contributed by atoms with E-state index in [1.54, 1.807) is 0 Å². The molecule has 1 heterocycles. The van der Waals surface area contributed by atoms with E-state index in [0.717, 1.165) is 10.0 Å². The van der Waals surface area contributed by atoms with Gasteiger partial charge in [-0.15, -0.1) is 0 Å². The molecule has 4 heteroatoms. The highest BCUT2D eigenvalue weighted by atomic mass is 79.9. The molecule has 1 aromatic carbocycles. The Morgan fingerprint density at radius 1 is 1.36 bits per heavy atom. The summed E-state index contributed by atoms with van der Waals surface area (Å²) in [5.74, 6) is 0.573. The van der Waals surface area contributed by atoms with Crippen LogP contribution in [0.5, 0.6) is 0 Å². The van der Waals surface area contributed by atoms with Crippen molar-refractivity contribution in [1.82, 2.24) is 0 Å². The lowest BCUT2D eigenvalue weighted by Crippen LogP contribution is -2.27. The molecule has 0 amide bonds. The number of hydrogen-bond donors (Lipinski definition) is 1. The summed E-state index contributed by atoms with van der Waals surface area (Å²) in [6.45, 7) is 1.06. The first-order valence-corrected chi connectivity index (χ1v) is 5.20. The van der Waals surface area contributed by atoms with Crippen molar-refractivity contribution in [2.45, 2.75) is 6.04 Å². The molecule has 0 saturated heterocycles. The number of benzene rings is 1. The van der Waals surface area contributed by atoms with Gasteiger partial charge in [-0.1, -0.05) is 28.1 Å². The second-order valence-electron chi connectivity index (χ2n) is 3.20. The molecule has 3 nitrogen and oxygen atoms in total. The second kappa shape index (κ2) is 4.11. The maximum atomic E-state index is 5.61. The van der Waals surface area contributed by atoms with E-state index < -0.39 is 0 Å². The van der Waals surface area contributed by atoms with Crippen LogP contribution in [-0.4, -0.2) is 19.0 Å². The number of hydrogen-bond acceptors (Lipinski definition) is 3. The van der Waals surface area contributed by atoms with Gasteiger partial charge in [-0.05, 0) is 17.7 Å². The molecule has 0 fully saturated rings. The monoisotopic (exact) mass is 254 g/mol. The van der Waals surface area contributed by atoms with Gasteiger partial charge >= 0.3 is 0 Å². The molecule has 2 rings (SSSR count). The Morgan fingerprint density at radius 3 is 2.71 bits per heavy atom. The number of ether oxygens (including phenoxy) is 1. The van der Waals surface area contributed by atoms with E-state index in [1.165, 1.54) is 0 Å². The smallest absolute Gasteiger partial charge is 0.121 e. The molecule has 1 atom stereocenters. The van der Waals surface area contributed by atoms with Crippen LogP contribution < -0.4 is 5.73 Å². The minimum absolute atomic E-state index is 0.0526. The Balaban J connectivity index is 2.22. The Labute approximate surface area is 91.1 Å². The number of nitrogens with two attached hydrogens (primary N) is 1. The normalized spacial score (nSPS) is 21.8. The van der Waals surface area contributed by atoms with Crippen molar-refractivity contribution in [2.75, 3.05) is 13.2 Å². The molecular formula is C10H11BrN2O. The van der Waals surface area contributed by atoms with Crippen molar-refractivity contribution in [3.63, 3.8) is 0 Å². The summed E-state index contributed by atoms with van der Waals surface area (Å²) in [4.78, 5) is 4.34. The van der Waals surface area contributed by atoms with Gasteiger partial charge in [0, 0.05) is 4.47 Å². The van der Waals surface area contributed by atoms with Gasteiger partial charge < -0.3 is 10.5 Å². The third kappa shape index (κ3) is 2.13. The Bertz CT molecular complexity index is 348. The van der Waals surface area contributed by atoms with E-state index in [2.05, 4.69) is 20.9 Å². The summed E-state index contributed by atoms with van der Waals surface area (Å²) in [5.41, 5.74) is 6.74. The Hall–Kier alpha value is -0.870. The molecule has 74 valence electrons. The van der Waals surface area contributed by atoms with Gasteiger partial charge in [-0.2, -0.15) is 0 Å². The Kier molecular flexibility index (Phi) is 2.84. The molecule has 0 unspecified atom stereocenters. The lowest BCUT2D eigenvalue weighted by atomic mass is 10.1. The second-order valence-corrected chi connectivity index (χ2v) is 4.12. The quantitative estimate of drug-likeness (QED) is 0.832. The van der Waals surface area contributed by atoms with Crippen LogP contribution in [-0.2, 0) is 4.74 Å². The molecule has 0 saturated carbocycles. The number of nitrogens with zero attached hydrogens (tertiary/aromatic N) is 1. The van der Waals surface area contributed by atoms with Gasteiger partial charge in [0.1, 0.15) is 18.5 Å². The van der Waals surface area contributed by atoms with Crippen LogP contribution in [0.3, 0.4) is 0 Å². The molecule has 1 aliphatic rings. The van der Waals surface area contributed by atoms with Crippen LogP contribution in [0.2, 0.25) is 0 Å². The highest BCUT2D eigenvalue weighted by Crippen LogP contribution is 2.22. The molecule has 14 heavy (non-hydrogen) atoms. The standard InChI is InChI=1S/C10H11BrN2O/c11-8-3-1-7(2-4-8)9-5-14-6-10(12)13-9/h1-4,9H,5-6H2,(H2,12,13)/t9-/m0/s1. The number of rotatable bonds is 1. The first kappa shape index (κ1) is 9.68. The molecule has 0 aliphatic carbocycles. The maximum absolute atomic E-state index is 5.61. The third-order valence-corrected chi connectivity index (χ3v) is 2.63. The van der Waals surface area contributed by atoms with Gasteiger partial charge in [0.25, 0.3) is 0 Å². The minimum atomic E-state index is 0.0526. The predicted octanol–water partition coefficient (Wildman–Crippen LogP) is 1.88.